The maximum absolute atomic E-state index is 13.3. The molecule has 3 aliphatic rings. The molecule has 0 bridgehead atoms. The Labute approximate surface area is 201 Å². The van der Waals surface area contributed by atoms with Crippen molar-refractivity contribution in [2.45, 2.75) is 45.7 Å². The molecule has 186 valence electrons. The van der Waals surface area contributed by atoms with Crippen LogP contribution in [0.3, 0.4) is 0 Å². The number of carbonyl (C=O) groups is 3. The Kier molecular flexibility index (Phi) is 6.71. The second-order valence-corrected chi connectivity index (χ2v) is 11.0. The first kappa shape index (κ1) is 24.6. The summed E-state index contributed by atoms with van der Waals surface area (Å²) >= 11 is 0. The number of rotatable bonds is 7. The smallest absolute Gasteiger partial charge is 0.282 e. The summed E-state index contributed by atoms with van der Waals surface area (Å²) in [5.74, 6) is -0.317. The molecule has 0 radical (unpaired) electrons. The van der Waals surface area contributed by atoms with Gasteiger partial charge in [0.05, 0.1) is 11.3 Å². The molecule has 0 saturated carbocycles. The molecule has 34 heavy (non-hydrogen) atoms. The number of nitrogens with zero attached hydrogens (tertiary/aromatic N) is 5. The van der Waals surface area contributed by atoms with Crippen molar-refractivity contribution < 1.29 is 22.8 Å². The van der Waals surface area contributed by atoms with Gasteiger partial charge in [0.25, 0.3) is 16.1 Å². The van der Waals surface area contributed by atoms with E-state index in [-0.39, 0.29) is 43.8 Å². The maximum atomic E-state index is 13.3. The van der Waals surface area contributed by atoms with Gasteiger partial charge in [-0.15, -0.1) is 0 Å². The Bertz CT molecular complexity index is 1080. The number of hydrogen-bond donors (Lipinski definition) is 0. The number of fused-ring (bicyclic) bond motifs is 3. The van der Waals surface area contributed by atoms with E-state index < -0.39 is 15.9 Å². The molecule has 11 heteroatoms. The molecule has 0 N–H and O–H groups in total. The summed E-state index contributed by atoms with van der Waals surface area (Å²) in [5.41, 5.74) is 0.308. The summed E-state index contributed by atoms with van der Waals surface area (Å²) in [7, 11) is -3.52. The van der Waals surface area contributed by atoms with E-state index in [0.29, 0.717) is 50.3 Å². The summed E-state index contributed by atoms with van der Waals surface area (Å²) in [6.45, 7) is 7.64. The standard InChI is InChI=1S/C23H33N5O5S/c1-4-25(5-2)34(32,33)26-16-14-24(15-17-26)20(29)11-13-27-22(31)18-8-6-7-9-19(18)28-21(30)10-12-23(27,28)3/h6-9H,4-5,10-17H2,1-3H3. The molecule has 1 aromatic carbocycles. The van der Waals surface area contributed by atoms with Crippen LogP contribution in [0.25, 0.3) is 0 Å². The predicted octanol–water partition coefficient (Wildman–Crippen LogP) is 1.11. The van der Waals surface area contributed by atoms with Crippen molar-refractivity contribution in [3.8, 4) is 0 Å². The van der Waals surface area contributed by atoms with Crippen LogP contribution in [0.1, 0.15) is 50.4 Å². The third kappa shape index (κ3) is 3.99. The van der Waals surface area contributed by atoms with Gasteiger partial charge in [0.15, 0.2) is 0 Å². The maximum Gasteiger partial charge on any atom is 0.282 e. The van der Waals surface area contributed by atoms with E-state index in [0.717, 1.165) is 0 Å². The van der Waals surface area contributed by atoms with Gasteiger partial charge in [-0.25, -0.2) is 0 Å². The fourth-order valence-corrected chi connectivity index (χ4v) is 6.89. The molecular weight excluding hydrogens is 458 g/mol. The minimum absolute atomic E-state index is 0.0238. The first-order valence-electron chi connectivity index (χ1n) is 11.9. The molecule has 1 atom stereocenters. The third-order valence-electron chi connectivity index (χ3n) is 7.24. The van der Waals surface area contributed by atoms with Crippen LogP contribution in [0.4, 0.5) is 5.69 Å². The topological polar surface area (TPSA) is 102 Å². The molecule has 10 nitrogen and oxygen atoms in total. The summed E-state index contributed by atoms with van der Waals surface area (Å²) in [4.78, 5) is 44.0. The Morgan fingerprint density at radius 3 is 2.35 bits per heavy atom. The zero-order valence-corrected chi connectivity index (χ0v) is 20.9. The van der Waals surface area contributed by atoms with E-state index in [1.807, 2.05) is 13.0 Å². The number of anilines is 1. The molecule has 4 rings (SSSR count). The number of amides is 3. The molecule has 1 aromatic rings. The monoisotopic (exact) mass is 491 g/mol. The number of piperazine rings is 1. The average Bonchev–Trinajstić information content (AvgIpc) is 3.14. The van der Waals surface area contributed by atoms with Crippen molar-refractivity contribution in [3.05, 3.63) is 29.8 Å². The van der Waals surface area contributed by atoms with Gasteiger partial charge < -0.3 is 9.80 Å². The van der Waals surface area contributed by atoms with Crippen LogP contribution in [0.15, 0.2) is 24.3 Å². The van der Waals surface area contributed by atoms with Gasteiger partial charge in [0, 0.05) is 58.7 Å². The van der Waals surface area contributed by atoms with E-state index in [1.54, 1.807) is 46.7 Å². The van der Waals surface area contributed by atoms with E-state index in [2.05, 4.69) is 0 Å². The van der Waals surface area contributed by atoms with Crippen molar-refractivity contribution in [1.29, 1.82) is 0 Å². The van der Waals surface area contributed by atoms with Gasteiger partial charge in [-0.05, 0) is 25.5 Å². The van der Waals surface area contributed by atoms with Crippen LogP contribution in [-0.2, 0) is 19.8 Å². The fraction of sp³-hybridized carbons (Fsp3) is 0.609. The van der Waals surface area contributed by atoms with E-state index in [1.165, 1.54) is 8.61 Å². The lowest BCUT2D eigenvalue weighted by Crippen LogP contribution is -2.62. The highest BCUT2D eigenvalue weighted by atomic mass is 32.2. The molecule has 0 aliphatic carbocycles. The summed E-state index contributed by atoms with van der Waals surface area (Å²) in [6.07, 6.45) is 0.988. The minimum atomic E-state index is -3.52. The molecule has 0 aromatic heterocycles. The zero-order chi connectivity index (χ0) is 24.7. The van der Waals surface area contributed by atoms with Crippen molar-refractivity contribution in [2.75, 3.05) is 50.7 Å². The summed E-state index contributed by atoms with van der Waals surface area (Å²) < 4.78 is 28.3. The first-order valence-corrected chi connectivity index (χ1v) is 13.3. The third-order valence-corrected chi connectivity index (χ3v) is 9.43. The molecule has 0 spiro atoms. The van der Waals surface area contributed by atoms with Crippen LogP contribution in [0.2, 0.25) is 0 Å². The molecular formula is C23H33N5O5S. The van der Waals surface area contributed by atoms with E-state index >= 15 is 0 Å². The van der Waals surface area contributed by atoms with Crippen molar-refractivity contribution >= 4 is 33.6 Å². The van der Waals surface area contributed by atoms with Crippen LogP contribution in [0, 0.1) is 0 Å². The Morgan fingerprint density at radius 1 is 1.06 bits per heavy atom. The van der Waals surface area contributed by atoms with Gasteiger partial charge >= 0.3 is 0 Å². The van der Waals surface area contributed by atoms with Gasteiger partial charge in [0.1, 0.15) is 5.66 Å². The lowest BCUT2D eigenvalue weighted by atomic mass is 9.98. The number of carbonyl (C=O) groups excluding carboxylic acids is 3. The van der Waals surface area contributed by atoms with Crippen molar-refractivity contribution in [2.24, 2.45) is 0 Å². The predicted molar refractivity (Wildman–Crippen MR) is 127 cm³/mol. The van der Waals surface area contributed by atoms with Crippen LogP contribution < -0.4 is 4.90 Å². The molecule has 2 fully saturated rings. The molecule has 3 aliphatic heterocycles. The number of para-hydroxylation sites is 1. The SMILES string of the molecule is CCN(CC)S(=O)(=O)N1CCN(C(=O)CCN2C(=O)c3ccccc3N3C(=O)CCC23C)CC1. The van der Waals surface area contributed by atoms with Crippen LogP contribution in [0.5, 0.6) is 0 Å². The zero-order valence-electron chi connectivity index (χ0n) is 20.1. The van der Waals surface area contributed by atoms with Gasteiger partial charge in [-0.2, -0.15) is 17.0 Å². The van der Waals surface area contributed by atoms with E-state index in [9.17, 15) is 22.8 Å². The summed E-state index contributed by atoms with van der Waals surface area (Å²) in [5, 5.41) is 0. The van der Waals surface area contributed by atoms with Crippen molar-refractivity contribution in [3.63, 3.8) is 0 Å². The molecule has 2 saturated heterocycles. The average molecular weight is 492 g/mol. The van der Waals surface area contributed by atoms with Gasteiger partial charge in [-0.3, -0.25) is 19.3 Å². The van der Waals surface area contributed by atoms with Gasteiger partial charge in [0.2, 0.25) is 11.8 Å². The minimum Gasteiger partial charge on any atom is -0.340 e. The number of hydrogen-bond acceptors (Lipinski definition) is 5. The van der Waals surface area contributed by atoms with Crippen molar-refractivity contribution in [1.82, 2.24) is 18.4 Å². The Morgan fingerprint density at radius 2 is 1.71 bits per heavy atom. The fourth-order valence-electron chi connectivity index (χ4n) is 5.29. The second-order valence-electron chi connectivity index (χ2n) is 9.04. The first-order chi connectivity index (χ1) is 16.1. The lowest BCUT2D eigenvalue weighted by molar-refractivity contribution is -0.132. The largest absolute Gasteiger partial charge is 0.340 e. The van der Waals surface area contributed by atoms with Gasteiger partial charge in [-0.1, -0.05) is 26.0 Å². The molecule has 3 amide bonds. The highest BCUT2D eigenvalue weighted by Crippen LogP contribution is 2.44. The van der Waals surface area contributed by atoms with E-state index in [4.69, 9.17) is 0 Å². The van der Waals surface area contributed by atoms with Crippen LogP contribution >= 0.6 is 0 Å². The van der Waals surface area contributed by atoms with Crippen LogP contribution in [-0.4, -0.2) is 96.0 Å². The number of benzene rings is 1. The second kappa shape index (κ2) is 9.27. The summed E-state index contributed by atoms with van der Waals surface area (Å²) in [6, 6.07) is 7.10. The highest BCUT2D eigenvalue weighted by molar-refractivity contribution is 7.86. The normalized spacial score (nSPS) is 23.5. The highest BCUT2D eigenvalue weighted by Gasteiger charge is 2.52. The Hall–Kier alpha value is -2.50. The molecule has 1 unspecified atom stereocenters. The Balaban J connectivity index is 1.42. The molecule has 3 heterocycles. The quantitative estimate of drug-likeness (QED) is 0.569. The lowest BCUT2D eigenvalue weighted by Gasteiger charge is -2.48.